The summed E-state index contributed by atoms with van der Waals surface area (Å²) in [6, 6.07) is 13.4. The van der Waals surface area contributed by atoms with E-state index < -0.39 is 9.84 Å². The number of carbonyl (C=O) groups excluding carboxylic acids is 1. The Morgan fingerprint density at radius 1 is 1.21 bits per heavy atom. The molecule has 3 aromatic rings. The van der Waals surface area contributed by atoms with Crippen LogP contribution in [-0.4, -0.2) is 41.6 Å². The molecule has 0 saturated heterocycles. The van der Waals surface area contributed by atoms with Gasteiger partial charge in [-0.3, -0.25) is 4.79 Å². The molecule has 0 saturated carbocycles. The smallest absolute Gasteiger partial charge is 0.243 e. The van der Waals surface area contributed by atoms with Crippen LogP contribution in [0.2, 0.25) is 0 Å². The highest BCUT2D eigenvalue weighted by molar-refractivity contribution is 7.89. The van der Waals surface area contributed by atoms with Crippen molar-refractivity contribution in [1.82, 2.24) is 14.5 Å². The molecule has 2 aromatic carbocycles. The second-order valence-corrected chi connectivity index (χ2v) is 8.97. The monoisotopic (exact) mass is 415 g/mol. The van der Waals surface area contributed by atoms with Crippen LogP contribution in [0.5, 0.6) is 0 Å². The van der Waals surface area contributed by atoms with E-state index in [-0.39, 0.29) is 37.1 Å². The van der Waals surface area contributed by atoms with Gasteiger partial charge >= 0.3 is 0 Å². The largest absolute Gasteiger partial charge is 0.333 e. The lowest BCUT2D eigenvalue weighted by Crippen LogP contribution is -2.34. The Balaban J connectivity index is 1.93. The third-order valence-corrected chi connectivity index (χ3v) is 5.22. The molecule has 0 aliphatic carbocycles. The van der Waals surface area contributed by atoms with Gasteiger partial charge in [0.1, 0.15) is 23.9 Å². The number of hydrogen-bond acceptors (Lipinski definition) is 4. The van der Waals surface area contributed by atoms with Crippen LogP contribution in [0.25, 0.3) is 11.0 Å². The molecule has 0 fully saturated rings. The topological polar surface area (TPSA) is 72.3 Å². The number of nitrogens with zero attached hydrogens (tertiary/aromatic N) is 3. The summed E-state index contributed by atoms with van der Waals surface area (Å²) in [7, 11) is -3.34. The molecule has 0 N–H and O–H groups in total. The Morgan fingerprint density at radius 2 is 1.90 bits per heavy atom. The van der Waals surface area contributed by atoms with E-state index in [2.05, 4.69) is 11.6 Å². The second kappa shape index (κ2) is 8.57. The van der Waals surface area contributed by atoms with Crippen molar-refractivity contribution in [3.63, 3.8) is 0 Å². The number of rotatable bonds is 8. The van der Waals surface area contributed by atoms with Crippen molar-refractivity contribution in [3.8, 4) is 0 Å². The number of para-hydroxylation sites is 2. The molecule has 152 valence electrons. The molecular formula is C21H22FN3O3S. The molecule has 0 bridgehead atoms. The number of sulfone groups is 1. The van der Waals surface area contributed by atoms with E-state index in [0.29, 0.717) is 22.4 Å². The summed E-state index contributed by atoms with van der Waals surface area (Å²) in [5, 5.41) is 0. The van der Waals surface area contributed by atoms with Crippen LogP contribution in [0.15, 0.2) is 61.2 Å². The quantitative estimate of drug-likeness (QED) is 0.531. The summed E-state index contributed by atoms with van der Waals surface area (Å²) in [4.78, 5) is 18.9. The highest BCUT2D eigenvalue weighted by atomic mass is 32.2. The van der Waals surface area contributed by atoms with Gasteiger partial charge < -0.3 is 9.47 Å². The SMILES string of the molecule is C=CCN(Cc1ccccc1F)C(=O)Cn1c(CS(C)(=O)=O)nc2ccccc21. The maximum Gasteiger partial charge on any atom is 0.243 e. The summed E-state index contributed by atoms with van der Waals surface area (Å²) in [6.07, 6.45) is 2.70. The summed E-state index contributed by atoms with van der Waals surface area (Å²) in [5.74, 6) is -0.651. The standard InChI is InChI=1S/C21H22FN3O3S/c1-3-12-24(13-16-8-4-5-9-17(16)22)21(26)14-25-19-11-7-6-10-18(19)23-20(25)15-29(2,27)28/h3-11H,1,12-15H2,2H3. The average Bonchev–Trinajstić information content (AvgIpc) is 2.98. The van der Waals surface area contributed by atoms with Crippen LogP contribution in [0.4, 0.5) is 4.39 Å². The second-order valence-electron chi connectivity index (χ2n) is 6.83. The molecular weight excluding hydrogens is 393 g/mol. The van der Waals surface area contributed by atoms with E-state index in [1.165, 1.54) is 11.0 Å². The first-order valence-corrected chi connectivity index (χ1v) is 11.1. The number of halogens is 1. The third-order valence-electron chi connectivity index (χ3n) is 4.44. The van der Waals surface area contributed by atoms with Crippen LogP contribution in [-0.2, 0) is 33.5 Å². The molecule has 1 aromatic heterocycles. The predicted molar refractivity (Wildman–Crippen MR) is 110 cm³/mol. The number of fused-ring (bicyclic) bond motifs is 1. The Hall–Kier alpha value is -3.00. The van der Waals surface area contributed by atoms with E-state index >= 15 is 0 Å². The van der Waals surface area contributed by atoms with Crippen molar-refractivity contribution >= 4 is 26.8 Å². The molecule has 0 spiro atoms. The Morgan fingerprint density at radius 3 is 2.59 bits per heavy atom. The van der Waals surface area contributed by atoms with Crippen LogP contribution >= 0.6 is 0 Å². The maximum absolute atomic E-state index is 14.0. The maximum atomic E-state index is 14.0. The van der Waals surface area contributed by atoms with Gasteiger partial charge in [0.2, 0.25) is 5.91 Å². The highest BCUT2D eigenvalue weighted by Gasteiger charge is 2.20. The van der Waals surface area contributed by atoms with Gasteiger partial charge in [-0.1, -0.05) is 36.4 Å². The summed E-state index contributed by atoms with van der Waals surface area (Å²) >= 11 is 0. The summed E-state index contributed by atoms with van der Waals surface area (Å²) < 4.78 is 39.3. The first-order valence-electron chi connectivity index (χ1n) is 9.02. The highest BCUT2D eigenvalue weighted by Crippen LogP contribution is 2.19. The molecule has 0 atom stereocenters. The minimum absolute atomic E-state index is 0.0889. The first kappa shape index (κ1) is 20.7. The van der Waals surface area contributed by atoms with Gasteiger partial charge in [0, 0.05) is 24.9 Å². The van der Waals surface area contributed by atoms with Crippen molar-refractivity contribution in [2.45, 2.75) is 18.8 Å². The number of hydrogen-bond donors (Lipinski definition) is 0. The van der Waals surface area contributed by atoms with Crippen molar-refractivity contribution in [2.24, 2.45) is 0 Å². The van der Waals surface area contributed by atoms with Crippen LogP contribution in [0, 0.1) is 5.82 Å². The third kappa shape index (κ3) is 5.08. The molecule has 0 unspecified atom stereocenters. The lowest BCUT2D eigenvalue weighted by Gasteiger charge is -2.22. The number of carbonyl (C=O) groups is 1. The number of benzene rings is 2. The van der Waals surface area contributed by atoms with Crippen molar-refractivity contribution < 1.29 is 17.6 Å². The lowest BCUT2D eigenvalue weighted by atomic mass is 10.2. The molecule has 0 aliphatic rings. The fourth-order valence-electron chi connectivity index (χ4n) is 3.12. The van der Waals surface area contributed by atoms with Crippen molar-refractivity contribution in [1.29, 1.82) is 0 Å². The van der Waals surface area contributed by atoms with Gasteiger partial charge in [0.05, 0.1) is 11.0 Å². The number of amides is 1. The molecule has 6 nitrogen and oxygen atoms in total. The molecule has 1 amide bonds. The minimum atomic E-state index is -3.34. The van der Waals surface area contributed by atoms with Crippen molar-refractivity contribution in [2.75, 3.05) is 12.8 Å². The van der Waals surface area contributed by atoms with Gasteiger partial charge in [-0.25, -0.2) is 17.8 Å². The molecule has 3 rings (SSSR count). The van der Waals surface area contributed by atoms with E-state index in [1.807, 2.05) is 0 Å². The molecule has 0 aliphatic heterocycles. The minimum Gasteiger partial charge on any atom is -0.333 e. The molecule has 29 heavy (non-hydrogen) atoms. The zero-order valence-corrected chi connectivity index (χ0v) is 16.9. The van der Waals surface area contributed by atoms with Gasteiger partial charge in [-0.2, -0.15) is 0 Å². The van der Waals surface area contributed by atoms with E-state index in [9.17, 15) is 17.6 Å². The van der Waals surface area contributed by atoms with E-state index in [1.54, 1.807) is 53.1 Å². The fourth-order valence-corrected chi connectivity index (χ4v) is 3.81. The Labute approximate surface area is 169 Å². The fraction of sp³-hybridized carbons (Fsp3) is 0.238. The van der Waals surface area contributed by atoms with Crippen molar-refractivity contribution in [3.05, 3.63) is 78.4 Å². The number of aromatic nitrogens is 2. The Bertz CT molecular complexity index is 1150. The van der Waals surface area contributed by atoms with Gasteiger partial charge in [0.25, 0.3) is 0 Å². The molecule has 0 radical (unpaired) electrons. The normalized spacial score (nSPS) is 11.5. The summed E-state index contributed by atoms with van der Waals surface area (Å²) in [5.41, 5.74) is 1.68. The first-order chi connectivity index (χ1) is 13.8. The molecule has 1 heterocycles. The Kier molecular flexibility index (Phi) is 6.12. The van der Waals surface area contributed by atoms with Crippen LogP contribution in [0.1, 0.15) is 11.4 Å². The average molecular weight is 415 g/mol. The number of imidazole rings is 1. The zero-order valence-electron chi connectivity index (χ0n) is 16.1. The van der Waals surface area contributed by atoms with Gasteiger partial charge in [-0.15, -0.1) is 6.58 Å². The van der Waals surface area contributed by atoms with Gasteiger partial charge in [-0.05, 0) is 18.2 Å². The van der Waals surface area contributed by atoms with E-state index in [4.69, 9.17) is 0 Å². The summed E-state index contributed by atoms with van der Waals surface area (Å²) in [6.45, 7) is 3.90. The molecule has 8 heteroatoms. The lowest BCUT2D eigenvalue weighted by molar-refractivity contribution is -0.131. The van der Waals surface area contributed by atoms with Crippen LogP contribution < -0.4 is 0 Å². The predicted octanol–water partition coefficient (Wildman–Crippen LogP) is 2.93. The van der Waals surface area contributed by atoms with Gasteiger partial charge in [0.15, 0.2) is 9.84 Å². The van der Waals surface area contributed by atoms with E-state index in [0.717, 1.165) is 6.26 Å². The van der Waals surface area contributed by atoms with Crippen LogP contribution in [0.3, 0.4) is 0 Å². The zero-order chi connectivity index (χ0) is 21.0.